The molecule has 23 heavy (non-hydrogen) atoms. The van der Waals surface area contributed by atoms with Crippen molar-refractivity contribution in [1.29, 1.82) is 0 Å². The summed E-state index contributed by atoms with van der Waals surface area (Å²) < 4.78 is 9.25. The van der Waals surface area contributed by atoms with Crippen molar-refractivity contribution in [3.63, 3.8) is 0 Å². The second kappa shape index (κ2) is 9.42. The maximum Gasteiger partial charge on any atom is 0.337 e. The maximum atomic E-state index is 11.8. The number of nitrogens with two attached hydrogens (primary N) is 1. The van der Waals surface area contributed by atoms with Crippen LogP contribution in [0.4, 0.5) is 10.5 Å². The fourth-order valence-corrected chi connectivity index (χ4v) is 1.82. The number of benzene rings is 1. The molecule has 4 N–H and O–H groups in total. The van der Waals surface area contributed by atoms with Crippen LogP contribution >= 0.6 is 0 Å². The molecule has 0 fully saturated rings. The number of methoxy groups -OCH3 is 2. The first-order valence-corrected chi connectivity index (χ1v) is 7.08. The lowest BCUT2D eigenvalue weighted by Crippen LogP contribution is -2.30. The summed E-state index contributed by atoms with van der Waals surface area (Å²) in [6.45, 7) is 1.04. The van der Waals surface area contributed by atoms with Gasteiger partial charge >= 0.3 is 18.0 Å². The maximum absolute atomic E-state index is 11.8. The first-order valence-electron chi connectivity index (χ1n) is 7.08. The Morgan fingerprint density at radius 3 is 2.04 bits per heavy atom. The third-order valence-electron chi connectivity index (χ3n) is 2.95. The van der Waals surface area contributed by atoms with E-state index in [4.69, 9.17) is 5.73 Å². The van der Waals surface area contributed by atoms with Crippen molar-refractivity contribution in [2.45, 2.75) is 12.8 Å². The minimum absolute atomic E-state index is 0.133. The molecule has 1 aromatic carbocycles. The number of anilines is 1. The zero-order chi connectivity index (χ0) is 17.2. The molecule has 0 aliphatic rings. The van der Waals surface area contributed by atoms with Crippen LogP contribution in [-0.4, -0.2) is 45.3 Å². The van der Waals surface area contributed by atoms with Gasteiger partial charge in [0.25, 0.3) is 0 Å². The van der Waals surface area contributed by atoms with Crippen LogP contribution in [0.5, 0.6) is 0 Å². The Bertz CT molecular complexity index is 540. The third kappa shape index (κ3) is 5.95. The van der Waals surface area contributed by atoms with Gasteiger partial charge in [0.1, 0.15) is 0 Å². The minimum Gasteiger partial charge on any atom is -0.465 e. The van der Waals surface area contributed by atoms with Crippen molar-refractivity contribution in [3.8, 4) is 0 Å². The predicted octanol–water partition coefficient (Wildman–Crippen LogP) is 1.12. The number of carbonyl (C=O) groups excluding carboxylic acids is 3. The molecule has 0 spiro atoms. The van der Waals surface area contributed by atoms with E-state index in [0.29, 0.717) is 13.1 Å². The molecule has 8 heteroatoms. The Hall–Kier alpha value is -2.61. The van der Waals surface area contributed by atoms with Gasteiger partial charge in [-0.1, -0.05) is 0 Å². The molecule has 2 amide bonds. The van der Waals surface area contributed by atoms with Gasteiger partial charge < -0.3 is 25.8 Å². The van der Waals surface area contributed by atoms with E-state index in [9.17, 15) is 14.4 Å². The summed E-state index contributed by atoms with van der Waals surface area (Å²) in [6, 6.07) is 3.72. The number of carbonyl (C=O) groups is 3. The van der Waals surface area contributed by atoms with Crippen LogP contribution in [0.2, 0.25) is 0 Å². The number of esters is 2. The molecule has 0 saturated heterocycles. The molecule has 1 aromatic rings. The quantitative estimate of drug-likeness (QED) is 0.511. The smallest absolute Gasteiger partial charge is 0.337 e. The summed E-state index contributed by atoms with van der Waals surface area (Å²) in [7, 11) is 2.45. The van der Waals surface area contributed by atoms with Gasteiger partial charge in [-0.15, -0.1) is 0 Å². The zero-order valence-corrected chi connectivity index (χ0v) is 13.2. The highest BCUT2D eigenvalue weighted by molar-refractivity contribution is 5.99. The normalized spacial score (nSPS) is 9.87. The minimum atomic E-state index is -0.623. The highest BCUT2D eigenvalue weighted by atomic mass is 16.5. The van der Waals surface area contributed by atoms with Crippen molar-refractivity contribution < 1.29 is 23.9 Å². The van der Waals surface area contributed by atoms with Crippen LogP contribution in [0.15, 0.2) is 18.2 Å². The van der Waals surface area contributed by atoms with Gasteiger partial charge in [-0.3, -0.25) is 0 Å². The molecule has 0 aromatic heterocycles. The lowest BCUT2D eigenvalue weighted by atomic mass is 10.1. The molecule has 0 unspecified atom stereocenters. The van der Waals surface area contributed by atoms with Crippen LogP contribution in [0, 0.1) is 0 Å². The van der Waals surface area contributed by atoms with Crippen molar-refractivity contribution in [2.75, 3.05) is 32.6 Å². The topological polar surface area (TPSA) is 120 Å². The Morgan fingerprint density at radius 1 is 1.00 bits per heavy atom. The fraction of sp³-hybridized carbons (Fsp3) is 0.400. The van der Waals surface area contributed by atoms with Crippen molar-refractivity contribution in [1.82, 2.24) is 5.32 Å². The Balaban J connectivity index is 2.85. The Morgan fingerprint density at radius 2 is 1.57 bits per heavy atom. The number of hydrogen-bond acceptors (Lipinski definition) is 6. The lowest BCUT2D eigenvalue weighted by Gasteiger charge is -2.10. The molecule has 0 bridgehead atoms. The SMILES string of the molecule is COC(=O)c1cc(NC(=O)NCCCCN)cc(C(=O)OC)c1. The molecule has 126 valence electrons. The van der Waals surface area contributed by atoms with Gasteiger partial charge in [0.15, 0.2) is 0 Å². The fourth-order valence-electron chi connectivity index (χ4n) is 1.82. The average Bonchev–Trinajstić information content (AvgIpc) is 2.56. The summed E-state index contributed by atoms with van der Waals surface area (Å²) in [5.41, 5.74) is 5.92. The summed E-state index contributed by atoms with van der Waals surface area (Å²) in [5, 5.41) is 5.21. The first kappa shape index (κ1) is 18.4. The number of rotatable bonds is 7. The number of unbranched alkanes of at least 4 members (excludes halogenated alkanes) is 1. The van der Waals surface area contributed by atoms with E-state index in [2.05, 4.69) is 20.1 Å². The molecule has 0 heterocycles. The van der Waals surface area contributed by atoms with E-state index >= 15 is 0 Å². The van der Waals surface area contributed by atoms with E-state index in [0.717, 1.165) is 12.8 Å². The predicted molar refractivity (Wildman–Crippen MR) is 84.4 cm³/mol. The first-order chi connectivity index (χ1) is 11.0. The second-order valence-corrected chi connectivity index (χ2v) is 4.66. The van der Waals surface area contributed by atoms with E-state index in [-0.39, 0.29) is 16.8 Å². The highest BCUT2D eigenvalue weighted by Crippen LogP contribution is 2.17. The van der Waals surface area contributed by atoms with Crippen LogP contribution in [0.3, 0.4) is 0 Å². The summed E-state index contributed by atoms with van der Waals surface area (Å²) in [6.07, 6.45) is 1.57. The molecule has 0 aliphatic heterocycles. The third-order valence-corrected chi connectivity index (χ3v) is 2.95. The van der Waals surface area contributed by atoms with Gasteiger partial charge in [-0.05, 0) is 37.6 Å². The van der Waals surface area contributed by atoms with E-state index in [1.54, 1.807) is 0 Å². The molecule has 0 radical (unpaired) electrons. The van der Waals surface area contributed by atoms with Gasteiger partial charge in [0.2, 0.25) is 0 Å². The Kier molecular flexibility index (Phi) is 7.55. The molecule has 1 rings (SSSR count). The molecule has 0 saturated carbocycles. The van der Waals surface area contributed by atoms with Gasteiger partial charge in [0.05, 0.1) is 25.3 Å². The van der Waals surface area contributed by atoms with Gasteiger partial charge in [-0.25, -0.2) is 14.4 Å². The lowest BCUT2D eigenvalue weighted by molar-refractivity contribution is 0.0599. The number of ether oxygens (including phenoxy) is 2. The van der Waals surface area contributed by atoms with Crippen molar-refractivity contribution >= 4 is 23.7 Å². The number of urea groups is 1. The van der Waals surface area contributed by atoms with Gasteiger partial charge in [0, 0.05) is 12.2 Å². The van der Waals surface area contributed by atoms with E-state index in [1.165, 1.54) is 32.4 Å². The van der Waals surface area contributed by atoms with Crippen LogP contribution in [0.25, 0.3) is 0 Å². The summed E-state index contributed by atoms with van der Waals surface area (Å²) in [5.74, 6) is -1.25. The standard InChI is InChI=1S/C15H21N3O5/c1-22-13(19)10-7-11(14(20)23-2)9-12(8-10)18-15(21)17-6-4-3-5-16/h7-9H,3-6,16H2,1-2H3,(H2,17,18,21). The average molecular weight is 323 g/mol. The van der Waals surface area contributed by atoms with Crippen LogP contribution in [-0.2, 0) is 9.47 Å². The highest BCUT2D eigenvalue weighted by Gasteiger charge is 2.14. The second-order valence-electron chi connectivity index (χ2n) is 4.66. The van der Waals surface area contributed by atoms with Crippen molar-refractivity contribution in [2.24, 2.45) is 5.73 Å². The molecule has 0 aliphatic carbocycles. The monoisotopic (exact) mass is 323 g/mol. The largest absolute Gasteiger partial charge is 0.465 e. The van der Waals surface area contributed by atoms with Crippen molar-refractivity contribution in [3.05, 3.63) is 29.3 Å². The Labute approximate surface area is 134 Å². The number of hydrogen-bond donors (Lipinski definition) is 3. The summed E-state index contributed by atoms with van der Waals surface area (Å²) >= 11 is 0. The summed E-state index contributed by atoms with van der Waals surface area (Å²) in [4.78, 5) is 35.1. The van der Waals surface area contributed by atoms with Crippen LogP contribution < -0.4 is 16.4 Å². The molecule has 0 atom stereocenters. The van der Waals surface area contributed by atoms with E-state index in [1.807, 2.05) is 0 Å². The molecular weight excluding hydrogens is 302 g/mol. The number of nitrogens with one attached hydrogen (secondary N) is 2. The number of amides is 2. The van der Waals surface area contributed by atoms with E-state index < -0.39 is 18.0 Å². The molecular formula is C15H21N3O5. The van der Waals surface area contributed by atoms with Crippen LogP contribution in [0.1, 0.15) is 33.6 Å². The zero-order valence-electron chi connectivity index (χ0n) is 13.2. The molecule has 8 nitrogen and oxygen atoms in total. The van der Waals surface area contributed by atoms with Gasteiger partial charge in [-0.2, -0.15) is 0 Å².